The number of aromatic carboxylic acids is 1. The lowest BCUT2D eigenvalue weighted by Crippen LogP contribution is -2.03. The number of pyridine rings is 1. The van der Waals surface area contributed by atoms with Crippen LogP contribution < -0.4 is 0 Å². The summed E-state index contributed by atoms with van der Waals surface area (Å²) in [4.78, 5) is 16.4. The minimum Gasteiger partial charge on any atom is -0.478 e. The monoisotopic (exact) mass is 343 g/mol. The van der Waals surface area contributed by atoms with E-state index in [4.69, 9.17) is 11.6 Å². The molecule has 2 aromatic heterocycles. The van der Waals surface area contributed by atoms with Gasteiger partial charge in [-0.2, -0.15) is 5.10 Å². The lowest BCUT2D eigenvalue weighted by atomic mass is 10.0. The van der Waals surface area contributed by atoms with Crippen molar-refractivity contribution in [2.45, 2.75) is 33.1 Å². The summed E-state index contributed by atoms with van der Waals surface area (Å²) in [6.45, 7) is 5.93. The number of aryl methyl sites for hydroxylation is 1. The topological polar surface area (TPSA) is 68.0 Å². The average molecular weight is 344 g/mol. The largest absolute Gasteiger partial charge is 0.478 e. The molecule has 0 spiro atoms. The van der Waals surface area contributed by atoms with Gasteiger partial charge in [-0.25, -0.2) is 14.5 Å². The Kier molecular flexibility index (Phi) is 4.28. The van der Waals surface area contributed by atoms with Crippen molar-refractivity contribution in [3.8, 4) is 5.69 Å². The molecule has 1 aromatic carbocycles. The molecule has 3 aromatic rings. The van der Waals surface area contributed by atoms with Crippen molar-refractivity contribution in [2.75, 3.05) is 0 Å². The van der Waals surface area contributed by atoms with Gasteiger partial charge in [-0.3, -0.25) is 0 Å². The normalized spacial score (nSPS) is 11.4. The summed E-state index contributed by atoms with van der Waals surface area (Å²) in [5.74, 6) is -0.898. The van der Waals surface area contributed by atoms with E-state index in [1.165, 1.54) is 0 Å². The molecule has 0 radical (unpaired) electrons. The van der Waals surface area contributed by atoms with E-state index in [0.717, 1.165) is 17.1 Å². The molecule has 0 atom stereocenters. The minimum absolute atomic E-state index is 0.0697. The number of aromatic nitrogens is 3. The van der Waals surface area contributed by atoms with Crippen LogP contribution in [0.4, 0.5) is 0 Å². The molecule has 0 fully saturated rings. The maximum absolute atomic E-state index is 11.8. The average Bonchev–Trinajstić information content (AvgIpc) is 2.93. The van der Waals surface area contributed by atoms with Crippen LogP contribution in [0.5, 0.6) is 0 Å². The first-order chi connectivity index (χ1) is 11.4. The highest BCUT2D eigenvalue weighted by Crippen LogP contribution is 2.30. The van der Waals surface area contributed by atoms with Gasteiger partial charge in [0, 0.05) is 10.7 Å². The van der Waals surface area contributed by atoms with Crippen molar-refractivity contribution in [2.24, 2.45) is 0 Å². The molecule has 0 bridgehead atoms. The highest BCUT2D eigenvalue weighted by atomic mass is 35.5. The van der Waals surface area contributed by atoms with Gasteiger partial charge in [0.05, 0.1) is 22.3 Å². The van der Waals surface area contributed by atoms with Gasteiger partial charge in [0.1, 0.15) is 0 Å². The van der Waals surface area contributed by atoms with E-state index in [9.17, 15) is 9.90 Å². The van der Waals surface area contributed by atoms with E-state index in [-0.39, 0.29) is 11.5 Å². The van der Waals surface area contributed by atoms with Crippen molar-refractivity contribution in [3.63, 3.8) is 0 Å². The van der Waals surface area contributed by atoms with Gasteiger partial charge < -0.3 is 5.11 Å². The molecule has 0 amide bonds. The predicted octanol–water partition coefficient (Wildman–Crippen LogP) is 4.46. The zero-order valence-electron chi connectivity index (χ0n) is 13.7. The molecule has 3 rings (SSSR count). The molecule has 5 nitrogen and oxygen atoms in total. The summed E-state index contributed by atoms with van der Waals surface area (Å²) in [6.07, 6.45) is 0.647. The van der Waals surface area contributed by atoms with Crippen LogP contribution in [0.3, 0.4) is 0 Å². The lowest BCUT2D eigenvalue weighted by Gasteiger charge is -2.06. The fraction of sp³-hybridized carbons (Fsp3) is 0.278. The first-order valence-electron chi connectivity index (χ1n) is 7.84. The molecule has 1 N–H and O–H groups in total. The lowest BCUT2D eigenvalue weighted by molar-refractivity contribution is 0.0698. The van der Waals surface area contributed by atoms with E-state index in [1.807, 2.05) is 32.9 Å². The number of nitrogens with zero attached hydrogens (tertiary/aromatic N) is 3. The fourth-order valence-corrected chi connectivity index (χ4v) is 2.92. The molecule has 2 heterocycles. The molecule has 24 heavy (non-hydrogen) atoms. The van der Waals surface area contributed by atoms with E-state index in [2.05, 4.69) is 10.1 Å². The van der Waals surface area contributed by atoms with Gasteiger partial charge in [-0.05, 0) is 36.6 Å². The Balaban J connectivity index is 2.43. The predicted molar refractivity (Wildman–Crippen MR) is 94.3 cm³/mol. The van der Waals surface area contributed by atoms with Crippen LogP contribution in [0.1, 0.15) is 48.4 Å². The number of hydrogen-bond acceptors (Lipinski definition) is 3. The summed E-state index contributed by atoms with van der Waals surface area (Å²) < 4.78 is 1.68. The molecular formula is C18H18ClN3O2. The van der Waals surface area contributed by atoms with Crippen LogP contribution in [0.25, 0.3) is 16.7 Å². The number of halogens is 1. The zero-order chi connectivity index (χ0) is 17.4. The first kappa shape index (κ1) is 16.5. The molecule has 6 heteroatoms. The molecular weight excluding hydrogens is 326 g/mol. The van der Waals surface area contributed by atoms with Gasteiger partial charge in [-0.1, -0.05) is 38.4 Å². The summed E-state index contributed by atoms with van der Waals surface area (Å²) in [7, 11) is 0. The summed E-state index contributed by atoms with van der Waals surface area (Å²) in [5, 5.41) is 15.5. The summed E-state index contributed by atoms with van der Waals surface area (Å²) >= 11 is 6.10. The highest BCUT2D eigenvalue weighted by Gasteiger charge is 2.23. The Bertz CT molecular complexity index is 931. The number of carboxylic acid groups (broad SMARTS) is 1. The van der Waals surface area contributed by atoms with Gasteiger partial charge in [-0.15, -0.1) is 0 Å². The Labute approximate surface area is 144 Å². The van der Waals surface area contributed by atoms with Crippen LogP contribution in [-0.4, -0.2) is 25.8 Å². The molecule has 0 aliphatic rings. The quantitative estimate of drug-likeness (QED) is 0.759. The summed E-state index contributed by atoms with van der Waals surface area (Å²) in [5.41, 5.74) is 3.00. The van der Waals surface area contributed by atoms with Crippen molar-refractivity contribution in [3.05, 3.63) is 52.3 Å². The molecule has 0 aliphatic carbocycles. The Morgan fingerprint density at radius 2 is 2.08 bits per heavy atom. The van der Waals surface area contributed by atoms with E-state index in [1.54, 1.807) is 22.9 Å². The van der Waals surface area contributed by atoms with Crippen LogP contribution in [0, 0.1) is 0 Å². The third-order valence-corrected chi connectivity index (χ3v) is 4.15. The second kappa shape index (κ2) is 6.24. The standard InChI is InChI=1S/C18H18ClN3O2/c1-4-12-9-14(18(23)24)15-16(10(2)3)21-22(17(15)20-12)13-7-5-6-11(19)8-13/h5-10H,4H2,1-3H3,(H,23,24). The Morgan fingerprint density at radius 3 is 2.67 bits per heavy atom. The van der Waals surface area contributed by atoms with Crippen molar-refractivity contribution < 1.29 is 9.90 Å². The van der Waals surface area contributed by atoms with Gasteiger partial charge >= 0.3 is 5.97 Å². The number of carboxylic acids is 1. The number of benzene rings is 1. The maximum atomic E-state index is 11.8. The van der Waals surface area contributed by atoms with Crippen molar-refractivity contribution >= 4 is 28.6 Å². The molecule has 124 valence electrons. The minimum atomic E-state index is -0.968. The smallest absolute Gasteiger partial charge is 0.336 e. The van der Waals surface area contributed by atoms with Crippen molar-refractivity contribution in [1.29, 1.82) is 0 Å². The first-order valence-corrected chi connectivity index (χ1v) is 8.22. The second-order valence-corrected chi connectivity index (χ2v) is 6.39. The van der Waals surface area contributed by atoms with E-state index >= 15 is 0 Å². The van der Waals surface area contributed by atoms with Gasteiger partial charge in [0.25, 0.3) is 0 Å². The molecule has 0 aliphatic heterocycles. The highest BCUT2D eigenvalue weighted by molar-refractivity contribution is 6.30. The third kappa shape index (κ3) is 2.76. The number of hydrogen-bond donors (Lipinski definition) is 1. The molecule has 0 saturated carbocycles. The maximum Gasteiger partial charge on any atom is 0.336 e. The number of rotatable bonds is 4. The molecule has 0 saturated heterocycles. The number of carbonyl (C=O) groups is 1. The summed E-state index contributed by atoms with van der Waals surface area (Å²) in [6, 6.07) is 8.93. The van der Waals surface area contributed by atoms with Crippen LogP contribution >= 0.6 is 11.6 Å². The Hall–Kier alpha value is -2.40. The number of fused-ring (bicyclic) bond motifs is 1. The van der Waals surface area contributed by atoms with Crippen molar-refractivity contribution in [1.82, 2.24) is 14.8 Å². The van der Waals surface area contributed by atoms with E-state index < -0.39 is 5.97 Å². The van der Waals surface area contributed by atoms with Crippen LogP contribution in [0.2, 0.25) is 5.02 Å². The second-order valence-electron chi connectivity index (χ2n) is 5.95. The zero-order valence-corrected chi connectivity index (χ0v) is 14.5. The van der Waals surface area contributed by atoms with Crippen LogP contribution in [0.15, 0.2) is 30.3 Å². The fourth-order valence-electron chi connectivity index (χ4n) is 2.74. The Morgan fingerprint density at radius 1 is 1.33 bits per heavy atom. The SMILES string of the molecule is CCc1cc(C(=O)O)c2c(C(C)C)nn(-c3cccc(Cl)c3)c2n1. The van der Waals surface area contributed by atoms with Gasteiger partial charge in [0.15, 0.2) is 5.65 Å². The third-order valence-electron chi connectivity index (χ3n) is 3.91. The van der Waals surface area contributed by atoms with Gasteiger partial charge in [0.2, 0.25) is 0 Å². The van der Waals surface area contributed by atoms with E-state index in [0.29, 0.717) is 22.5 Å². The molecule has 0 unspecified atom stereocenters. The van der Waals surface area contributed by atoms with Crippen LogP contribution in [-0.2, 0) is 6.42 Å².